The van der Waals surface area contributed by atoms with Crippen molar-refractivity contribution in [2.24, 2.45) is 0 Å². The summed E-state index contributed by atoms with van der Waals surface area (Å²) in [5.74, 6) is 0. The van der Waals surface area contributed by atoms with Gasteiger partial charge in [0, 0.05) is 29.7 Å². The lowest BCUT2D eigenvalue weighted by atomic mass is 10.1. The average Bonchev–Trinajstić information content (AvgIpc) is 2.94. The number of benzene rings is 1. The Morgan fingerprint density at radius 3 is 2.41 bits per heavy atom. The first kappa shape index (κ1) is 9.78. The summed E-state index contributed by atoms with van der Waals surface area (Å²) in [5, 5.41) is 6.89. The molecule has 82 valence electrons. The summed E-state index contributed by atoms with van der Waals surface area (Å²) in [5.41, 5.74) is 4.30. The highest BCUT2D eigenvalue weighted by Gasteiger charge is 2.02. The van der Waals surface area contributed by atoms with Gasteiger partial charge in [0.15, 0.2) is 0 Å². The topological polar surface area (TPSA) is 41.6 Å². The third kappa shape index (κ3) is 1.95. The molecule has 0 saturated heterocycles. The van der Waals surface area contributed by atoms with E-state index >= 15 is 0 Å². The molecule has 3 nitrogen and oxygen atoms in total. The van der Waals surface area contributed by atoms with E-state index in [1.807, 2.05) is 36.7 Å². The van der Waals surface area contributed by atoms with Gasteiger partial charge in [-0.2, -0.15) is 5.10 Å². The molecule has 0 unspecified atom stereocenters. The fourth-order valence-electron chi connectivity index (χ4n) is 1.79. The Kier molecular flexibility index (Phi) is 2.43. The van der Waals surface area contributed by atoms with Gasteiger partial charge in [-0.3, -0.25) is 10.1 Å². The Morgan fingerprint density at radius 2 is 1.65 bits per heavy atom. The van der Waals surface area contributed by atoms with E-state index in [-0.39, 0.29) is 0 Å². The Labute approximate surface area is 99.2 Å². The third-order valence-corrected chi connectivity index (χ3v) is 2.66. The molecule has 3 aromatic rings. The molecule has 0 aliphatic rings. The first-order chi connectivity index (χ1) is 8.43. The van der Waals surface area contributed by atoms with Gasteiger partial charge in [0.2, 0.25) is 0 Å². The van der Waals surface area contributed by atoms with Crippen LogP contribution in [0.15, 0.2) is 61.1 Å². The lowest BCUT2D eigenvalue weighted by molar-refractivity contribution is 1.09. The van der Waals surface area contributed by atoms with Crippen LogP contribution in [0.3, 0.4) is 0 Å². The molecule has 0 atom stereocenters. The molecule has 3 rings (SSSR count). The number of H-pyrrole nitrogens is 1. The highest BCUT2D eigenvalue weighted by molar-refractivity contribution is 5.69. The Hall–Kier alpha value is -2.42. The summed E-state index contributed by atoms with van der Waals surface area (Å²) in [4.78, 5) is 4.27. The van der Waals surface area contributed by atoms with Gasteiger partial charge in [-0.05, 0) is 17.7 Å². The zero-order valence-electron chi connectivity index (χ0n) is 9.17. The summed E-state index contributed by atoms with van der Waals surface area (Å²) in [7, 11) is 0. The summed E-state index contributed by atoms with van der Waals surface area (Å²) in [6.45, 7) is 0. The predicted molar refractivity (Wildman–Crippen MR) is 67.3 cm³/mol. The van der Waals surface area contributed by atoms with Gasteiger partial charge in [0.05, 0.1) is 5.69 Å². The fourth-order valence-corrected chi connectivity index (χ4v) is 1.79. The molecule has 0 radical (unpaired) electrons. The molecule has 0 aliphatic carbocycles. The molecule has 17 heavy (non-hydrogen) atoms. The van der Waals surface area contributed by atoms with E-state index in [2.05, 4.69) is 33.4 Å². The zero-order chi connectivity index (χ0) is 11.5. The number of aromatic nitrogens is 3. The monoisotopic (exact) mass is 221 g/mol. The molecule has 2 heterocycles. The van der Waals surface area contributed by atoms with Crippen LogP contribution >= 0.6 is 0 Å². The summed E-state index contributed by atoms with van der Waals surface area (Å²) < 4.78 is 0. The van der Waals surface area contributed by atoms with Gasteiger partial charge >= 0.3 is 0 Å². The van der Waals surface area contributed by atoms with Gasteiger partial charge in [-0.1, -0.05) is 30.3 Å². The van der Waals surface area contributed by atoms with Crippen molar-refractivity contribution in [2.45, 2.75) is 0 Å². The minimum atomic E-state index is 0.982. The van der Waals surface area contributed by atoms with Crippen molar-refractivity contribution in [3.63, 3.8) is 0 Å². The lowest BCUT2D eigenvalue weighted by Crippen LogP contribution is -1.84. The van der Waals surface area contributed by atoms with Crippen LogP contribution in [0, 0.1) is 0 Å². The maximum atomic E-state index is 4.27. The third-order valence-electron chi connectivity index (χ3n) is 2.66. The van der Waals surface area contributed by atoms with Crippen LogP contribution in [0.1, 0.15) is 0 Å². The summed E-state index contributed by atoms with van der Waals surface area (Å²) in [6.07, 6.45) is 5.44. The van der Waals surface area contributed by atoms with Gasteiger partial charge in [-0.25, -0.2) is 0 Å². The quantitative estimate of drug-likeness (QED) is 0.722. The fraction of sp³-hybridized carbons (Fsp3) is 0. The lowest BCUT2D eigenvalue weighted by Gasteiger charge is -2.03. The van der Waals surface area contributed by atoms with E-state index in [1.165, 1.54) is 5.56 Å². The molecule has 0 spiro atoms. The standard InChI is InChI=1S/C14H11N3/c1-2-4-11(5-3-1)12-8-13(10-15-9-12)14-6-7-16-17-14/h1-10H,(H,16,17). The van der Waals surface area contributed by atoms with Crippen LogP contribution in [-0.4, -0.2) is 15.2 Å². The smallest absolute Gasteiger partial charge is 0.0665 e. The van der Waals surface area contributed by atoms with E-state index in [0.29, 0.717) is 0 Å². The Morgan fingerprint density at radius 1 is 0.824 bits per heavy atom. The Bertz CT molecular complexity index is 600. The van der Waals surface area contributed by atoms with Crippen LogP contribution in [0.25, 0.3) is 22.4 Å². The largest absolute Gasteiger partial charge is 0.278 e. The van der Waals surface area contributed by atoms with Crippen molar-refractivity contribution in [1.29, 1.82) is 0 Å². The molecule has 1 aromatic carbocycles. The summed E-state index contributed by atoms with van der Waals surface area (Å²) >= 11 is 0. The van der Waals surface area contributed by atoms with Gasteiger partial charge in [0.25, 0.3) is 0 Å². The van der Waals surface area contributed by atoms with Crippen molar-refractivity contribution < 1.29 is 0 Å². The number of hydrogen-bond acceptors (Lipinski definition) is 2. The molecule has 0 amide bonds. The second kappa shape index (κ2) is 4.22. The van der Waals surface area contributed by atoms with E-state index in [1.54, 1.807) is 6.20 Å². The van der Waals surface area contributed by atoms with Crippen LogP contribution in [0.4, 0.5) is 0 Å². The second-order valence-corrected chi connectivity index (χ2v) is 3.80. The van der Waals surface area contributed by atoms with Crippen LogP contribution in [-0.2, 0) is 0 Å². The van der Waals surface area contributed by atoms with Crippen molar-refractivity contribution in [2.75, 3.05) is 0 Å². The number of pyridine rings is 1. The summed E-state index contributed by atoms with van der Waals surface area (Å²) in [6, 6.07) is 14.3. The number of hydrogen-bond donors (Lipinski definition) is 1. The van der Waals surface area contributed by atoms with Crippen molar-refractivity contribution >= 4 is 0 Å². The van der Waals surface area contributed by atoms with E-state index in [9.17, 15) is 0 Å². The molecule has 3 heteroatoms. The van der Waals surface area contributed by atoms with Crippen LogP contribution in [0.2, 0.25) is 0 Å². The highest BCUT2D eigenvalue weighted by atomic mass is 15.1. The maximum absolute atomic E-state index is 4.27. The van der Waals surface area contributed by atoms with Gasteiger partial charge in [0.1, 0.15) is 0 Å². The van der Waals surface area contributed by atoms with E-state index in [0.717, 1.165) is 16.8 Å². The van der Waals surface area contributed by atoms with E-state index < -0.39 is 0 Å². The molecule has 0 fully saturated rings. The normalized spacial score (nSPS) is 10.4. The number of rotatable bonds is 2. The number of aromatic amines is 1. The minimum absolute atomic E-state index is 0.982. The predicted octanol–water partition coefficient (Wildman–Crippen LogP) is 3.14. The highest BCUT2D eigenvalue weighted by Crippen LogP contribution is 2.23. The van der Waals surface area contributed by atoms with Crippen LogP contribution < -0.4 is 0 Å². The first-order valence-electron chi connectivity index (χ1n) is 5.44. The van der Waals surface area contributed by atoms with Crippen molar-refractivity contribution in [3.8, 4) is 22.4 Å². The Balaban J connectivity index is 2.06. The SMILES string of the molecule is c1ccc(-c2cncc(-c3ccn[nH]3)c2)cc1. The van der Waals surface area contributed by atoms with Gasteiger partial charge < -0.3 is 0 Å². The zero-order valence-corrected chi connectivity index (χ0v) is 9.17. The number of nitrogens with one attached hydrogen (secondary N) is 1. The van der Waals surface area contributed by atoms with Crippen molar-refractivity contribution in [3.05, 3.63) is 61.1 Å². The van der Waals surface area contributed by atoms with E-state index in [4.69, 9.17) is 0 Å². The molecule has 1 N–H and O–H groups in total. The molecule has 0 saturated carbocycles. The molecule has 2 aromatic heterocycles. The second-order valence-electron chi connectivity index (χ2n) is 3.80. The minimum Gasteiger partial charge on any atom is -0.278 e. The molecule has 0 aliphatic heterocycles. The maximum Gasteiger partial charge on any atom is 0.0665 e. The number of nitrogens with zero attached hydrogens (tertiary/aromatic N) is 2. The van der Waals surface area contributed by atoms with Crippen molar-refractivity contribution in [1.82, 2.24) is 15.2 Å². The average molecular weight is 221 g/mol. The van der Waals surface area contributed by atoms with Gasteiger partial charge in [-0.15, -0.1) is 0 Å². The molecular formula is C14H11N3. The molecule has 0 bridgehead atoms. The van der Waals surface area contributed by atoms with Crippen LogP contribution in [0.5, 0.6) is 0 Å². The molecular weight excluding hydrogens is 210 g/mol. The first-order valence-corrected chi connectivity index (χ1v) is 5.44.